The van der Waals surface area contributed by atoms with Crippen LogP contribution in [0, 0.1) is 6.92 Å². The van der Waals surface area contributed by atoms with Crippen LogP contribution >= 0.6 is 0 Å². The number of rotatable bonds is 3. The molecule has 0 N–H and O–H groups in total. The minimum Gasteiger partial charge on any atom is -0.339 e. The molecular weight excluding hydrogens is 310 g/mol. The van der Waals surface area contributed by atoms with Gasteiger partial charge in [0.05, 0.1) is 6.04 Å². The molecule has 0 aromatic carbocycles. The normalized spacial score (nSPS) is 17.9. The van der Waals surface area contributed by atoms with Crippen molar-refractivity contribution in [1.29, 1.82) is 0 Å². The molecule has 2 aromatic rings. The van der Waals surface area contributed by atoms with Crippen molar-refractivity contribution in [3.8, 4) is 0 Å². The Morgan fingerprint density at radius 2 is 2.12 bits per heavy atom. The quantitative estimate of drug-likeness (QED) is 0.787. The molecule has 3 rings (SSSR count). The van der Waals surface area contributed by atoms with Crippen molar-refractivity contribution in [1.82, 2.24) is 23.6 Å². The number of amides is 1. The van der Waals surface area contributed by atoms with Gasteiger partial charge in [-0.2, -0.15) is 0 Å². The predicted octanol–water partition coefficient (Wildman–Crippen LogP) is -0.0844. The molecule has 0 radical (unpaired) electrons. The van der Waals surface area contributed by atoms with Crippen LogP contribution in [0.25, 0.3) is 0 Å². The third-order valence-electron chi connectivity index (χ3n) is 4.57. The van der Waals surface area contributed by atoms with Crippen LogP contribution in [0.4, 0.5) is 0 Å². The van der Waals surface area contributed by atoms with Crippen LogP contribution in [0.5, 0.6) is 0 Å². The van der Waals surface area contributed by atoms with Gasteiger partial charge in [0.2, 0.25) is 5.91 Å². The Morgan fingerprint density at radius 3 is 2.83 bits per heavy atom. The lowest BCUT2D eigenvalue weighted by Crippen LogP contribution is -2.45. The number of hydrogen-bond acceptors (Lipinski definition) is 4. The molecule has 8 heteroatoms. The summed E-state index contributed by atoms with van der Waals surface area (Å²) in [5.74, 6) is 0.821. The molecule has 8 nitrogen and oxygen atoms in total. The number of likely N-dealkylation sites (tertiary alicyclic amines) is 1. The zero-order valence-electron chi connectivity index (χ0n) is 13.9. The number of aromatic nitrogens is 4. The van der Waals surface area contributed by atoms with Gasteiger partial charge in [0.25, 0.3) is 5.56 Å². The fourth-order valence-electron chi connectivity index (χ4n) is 3.16. The molecule has 1 aliphatic heterocycles. The Bertz CT molecular complexity index is 863. The zero-order chi connectivity index (χ0) is 17.3. The Morgan fingerprint density at radius 1 is 1.33 bits per heavy atom. The van der Waals surface area contributed by atoms with Crippen LogP contribution in [0.2, 0.25) is 0 Å². The number of aryl methyl sites for hydroxylation is 1. The molecule has 0 bridgehead atoms. The van der Waals surface area contributed by atoms with E-state index in [9.17, 15) is 14.4 Å². The second kappa shape index (κ2) is 6.46. The first kappa shape index (κ1) is 16.2. The van der Waals surface area contributed by atoms with E-state index >= 15 is 0 Å². The Hall–Kier alpha value is -2.64. The molecule has 0 unspecified atom stereocenters. The number of carbonyl (C=O) groups excluding carboxylic acids is 1. The highest BCUT2D eigenvalue weighted by Gasteiger charge is 2.25. The minimum absolute atomic E-state index is 0.0530. The van der Waals surface area contributed by atoms with Crippen molar-refractivity contribution in [2.75, 3.05) is 13.1 Å². The van der Waals surface area contributed by atoms with E-state index in [1.165, 1.54) is 23.9 Å². The van der Waals surface area contributed by atoms with E-state index in [2.05, 4.69) is 9.55 Å². The highest BCUT2D eigenvalue weighted by atomic mass is 16.2. The predicted molar refractivity (Wildman–Crippen MR) is 87.8 cm³/mol. The fraction of sp³-hybridized carbons (Fsp3) is 0.500. The van der Waals surface area contributed by atoms with Gasteiger partial charge in [-0.1, -0.05) is 0 Å². The van der Waals surface area contributed by atoms with Crippen molar-refractivity contribution in [3.05, 3.63) is 51.3 Å². The summed E-state index contributed by atoms with van der Waals surface area (Å²) in [7, 11) is 1.41. The Labute approximate surface area is 139 Å². The van der Waals surface area contributed by atoms with Crippen molar-refractivity contribution >= 4 is 5.91 Å². The maximum Gasteiger partial charge on any atom is 0.331 e. The van der Waals surface area contributed by atoms with Crippen molar-refractivity contribution in [3.63, 3.8) is 0 Å². The minimum atomic E-state index is -0.477. The lowest BCUT2D eigenvalue weighted by molar-refractivity contribution is -0.133. The molecule has 1 amide bonds. The summed E-state index contributed by atoms with van der Waals surface area (Å²) < 4.78 is 4.37. The monoisotopic (exact) mass is 331 g/mol. The van der Waals surface area contributed by atoms with Crippen molar-refractivity contribution in [2.24, 2.45) is 7.05 Å². The van der Waals surface area contributed by atoms with Gasteiger partial charge in [-0.15, -0.1) is 0 Å². The maximum absolute atomic E-state index is 12.6. The Balaban J connectivity index is 1.74. The molecular formula is C16H21N5O3. The van der Waals surface area contributed by atoms with Crippen LogP contribution in [0.1, 0.15) is 24.7 Å². The van der Waals surface area contributed by atoms with Gasteiger partial charge in [0.15, 0.2) is 0 Å². The van der Waals surface area contributed by atoms with Gasteiger partial charge in [-0.3, -0.25) is 18.7 Å². The average Bonchev–Trinajstić information content (AvgIpc) is 3.01. The highest BCUT2D eigenvalue weighted by Crippen LogP contribution is 2.22. The van der Waals surface area contributed by atoms with E-state index in [0.29, 0.717) is 13.1 Å². The maximum atomic E-state index is 12.6. The van der Waals surface area contributed by atoms with Crippen LogP contribution in [-0.4, -0.2) is 42.6 Å². The second-order valence-corrected chi connectivity index (χ2v) is 6.14. The number of carbonyl (C=O) groups is 1. The van der Waals surface area contributed by atoms with Crippen molar-refractivity contribution < 1.29 is 4.79 Å². The van der Waals surface area contributed by atoms with Gasteiger partial charge < -0.3 is 9.47 Å². The van der Waals surface area contributed by atoms with E-state index in [1.54, 1.807) is 11.1 Å². The number of piperidine rings is 1. The van der Waals surface area contributed by atoms with Crippen LogP contribution in [0.3, 0.4) is 0 Å². The standard InChI is InChI=1S/C16H21N5O3/c1-12-17-6-9-21(12)13-4-3-7-19(10-13)15(23)11-20-8-5-14(22)18(2)16(20)24/h5-6,8-9,13H,3-4,7,10-11H2,1-2H3/t13-/m1/s1. The summed E-state index contributed by atoms with van der Waals surface area (Å²) in [6, 6.07) is 1.50. The van der Waals surface area contributed by atoms with Gasteiger partial charge >= 0.3 is 5.69 Å². The lowest BCUT2D eigenvalue weighted by Gasteiger charge is -2.34. The molecule has 3 heterocycles. The number of hydrogen-bond donors (Lipinski definition) is 0. The summed E-state index contributed by atoms with van der Waals surface area (Å²) in [6.07, 6.45) is 6.99. The van der Waals surface area contributed by atoms with Gasteiger partial charge in [0.1, 0.15) is 12.4 Å². The summed E-state index contributed by atoms with van der Waals surface area (Å²) in [5, 5.41) is 0. The summed E-state index contributed by atoms with van der Waals surface area (Å²) in [5.41, 5.74) is -0.854. The first-order valence-electron chi connectivity index (χ1n) is 8.01. The number of imidazole rings is 1. The Kier molecular flexibility index (Phi) is 4.37. The van der Waals surface area contributed by atoms with E-state index in [0.717, 1.165) is 23.2 Å². The first-order valence-corrected chi connectivity index (χ1v) is 8.01. The van der Waals surface area contributed by atoms with Gasteiger partial charge in [-0.25, -0.2) is 9.78 Å². The molecule has 1 aliphatic rings. The molecule has 2 aromatic heterocycles. The van der Waals surface area contributed by atoms with E-state index in [1.807, 2.05) is 13.1 Å². The molecule has 128 valence electrons. The topological polar surface area (TPSA) is 82.1 Å². The smallest absolute Gasteiger partial charge is 0.331 e. The largest absolute Gasteiger partial charge is 0.339 e. The summed E-state index contributed by atoms with van der Waals surface area (Å²) in [4.78, 5) is 42.1. The van der Waals surface area contributed by atoms with Gasteiger partial charge in [-0.05, 0) is 19.8 Å². The van der Waals surface area contributed by atoms with Crippen LogP contribution in [-0.2, 0) is 18.4 Å². The summed E-state index contributed by atoms with van der Waals surface area (Å²) in [6.45, 7) is 3.19. The van der Waals surface area contributed by atoms with Gasteiger partial charge in [0, 0.05) is 44.8 Å². The zero-order valence-corrected chi connectivity index (χ0v) is 13.9. The van der Waals surface area contributed by atoms with Crippen LogP contribution < -0.4 is 11.2 Å². The molecule has 1 atom stereocenters. The van der Waals surface area contributed by atoms with E-state index in [4.69, 9.17) is 0 Å². The van der Waals surface area contributed by atoms with Crippen molar-refractivity contribution in [2.45, 2.75) is 32.4 Å². The summed E-state index contributed by atoms with van der Waals surface area (Å²) >= 11 is 0. The highest BCUT2D eigenvalue weighted by molar-refractivity contribution is 5.76. The second-order valence-electron chi connectivity index (χ2n) is 6.14. The average molecular weight is 331 g/mol. The molecule has 0 aliphatic carbocycles. The fourth-order valence-corrected chi connectivity index (χ4v) is 3.16. The molecule has 0 saturated carbocycles. The molecule has 24 heavy (non-hydrogen) atoms. The van der Waals surface area contributed by atoms with E-state index < -0.39 is 5.69 Å². The lowest BCUT2D eigenvalue weighted by atomic mass is 10.1. The van der Waals surface area contributed by atoms with E-state index in [-0.39, 0.29) is 24.1 Å². The molecule has 1 fully saturated rings. The SMILES string of the molecule is Cc1nccn1[C@@H]1CCCN(C(=O)Cn2ccc(=O)n(C)c2=O)C1. The van der Waals surface area contributed by atoms with Crippen LogP contribution in [0.15, 0.2) is 34.2 Å². The molecule has 1 saturated heterocycles. The third kappa shape index (κ3) is 3.04. The first-order chi connectivity index (χ1) is 11.5. The number of nitrogens with zero attached hydrogens (tertiary/aromatic N) is 5. The molecule has 0 spiro atoms. The third-order valence-corrected chi connectivity index (χ3v) is 4.57.